The summed E-state index contributed by atoms with van der Waals surface area (Å²) >= 11 is 0. The summed E-state index contributed by atoms with van der Waals surface area (Å²) in [4.78, 5) is 16.3. The van der Waals surface area contributed by atoms with Crippen molar-refractivity contribution in [2.75, 3.05) is 0 Å². The number of nitro groups is 1. The standard InChI is InChI=1S/C15H12N2O4/c18-12-9-5-4-8-11(12)15-14(17(19)20)13(16-21-15)10-6-2-1-3-7-10/h1-9,14-15,18H/t14-,15+/m1/s1. The van der Waals surface area contributed by atoms with Crippen LogP contribution >= 0.6 is 0 Å². The van der Waals surface area contributed by atoms with Gasteiger partial charge in [-0.3, -0.25) is 10.1 Å². The third-order valence-corrected chi connectivity index (χ3v) is 3.37. The van der Waals surface area contributed by atoms with E-state index in [1.165, 1.54) is 6.07 Å². The van der Waals surface area contributed by atoms with Crippen molar-refractivity contribution in [2.45, 2.75) is 12.1 Å². The zero-order chi connectivity index (χ0) is 14.8. The minimum Gasteiger partial charge on any atom is -0.508 e. The van der Waals surface area contributed by atoms with Crippen molar-refractivity contribution in [3.8, 4) is 5.75 Å². The Labute approximate surface area is 120 Å². The molecule has 1 aliphatic rings. The van der Waals surface area contributed by atoms with Gasteiger partial charge < -0.3 is 9.94 Å². The molecule has 3 rings (SSSR count). The van der Waals surface area contributed by atoms with Gasteiger partial charge in [0.2, 0.25) is 6.10 Å². The van der Waals surface area contributed by atoms with Crippen molar-refractivity contribution < 1.29 is 14.9 Å². The molecule has 1 N–H and O–H groups in total. The highest BCUT2D eigenvalue weighted by Crippen LogP contribution is 2.35. The lowest BCUT2D eigenvalue weighted by Gasteiger charge is -2.13. The smallest absolute Gasteiger partial charge is 0.301 e. The van der Waals surface area contributed by atoms with E-state index in [4.69, 9.17) is 4.84 Å². The third-order valence-electron chi connectivity index (χ3n) is 3.37. The van der Waals surface area contributed by atoms with Gasteiger partial charge in [-0.15, -0.1) is 0 Å². The Morgan fingerprint density at radius 3 is 2.43 bits per heavy atom. The zero-order valence-corrected chi connectivity index (χ0v) is 10.9. The van der Waals surface area contributed by atoms with Gasteiger partial charge >= 0.3 is 6.04 Å². The molecule has 6 heteroatoms. The lowest BCUT2D eigenvalue weighted by Crippen LogP contribution is -2.32. The van der Waals surface area contributed by atoms with Crippen molar-refractivity contribution in [1.82, 2.24) is 0 Å². The van der Waals surface area contributed by atoms with Crippen LogP contribution in [0, 0.1) is 10.1 Å². The molecule has 2 aromatic rings. The molecule has 0 unspecified atom stereocenters. The van der Waals surface area contributed by atoms with E-state index in [9.17, 15) is 15.2 Å². The fourth-order valence-electron chi connectivity index (χ4n) is 2.37. The van der Waals surface area contributed by atoms with Crippen LogP contribution in [-0.2, 0) is 4.84 Å². The normalized spacial score (nSPS) is 20.7. The largest absolute Gasteiger partial charge is 0.508 e. The van der Waals surface area contributed by atoms with Crippen molar-refractivity contribution in [3.63, 3.8) is 0 Å². The minimum atomic E-state index is -1.15. The maximum Gasteiger partial charge on any atom is 0.301 e. The van der Waals surface area contributed by atoms with Gasteiger partial charge in [-0.05, 0) is 6.07 Å². The number of oxime groups is 1. The Kier molecular flexibility index (Phi) is 3.27. The quantitative estimate of drug-likeness (QED) is 0.693. The Hall–Kier alpha value is -2.89. The maximum absolute atomic E-state index is 11.4. The summed E-state index contributed by atoms with van der Waals surface area (Å²) in [5.74, 6) is -0.0427. The molecule has 0 aliphatic carbocycles. The number of hydrogen-bond donors (Lipinski definition) is 1. The highest BCUT2D eigenvalue weighted by atomic mass is 16.7. The second-order valence-corrected chi connectivity index (χ2v) is 4.66. The Morgan fingerprint density at radius 1 is 1.10 bits per heavy atom. The van der Waals surface area contributed by atoms with E-state index < -0.39 is 17.1 Å². The van der Waals surface area contributed by atoms with E-state index >= 15 is 0 Å². The number of aromatic hydroxyl groups is 1. The number of rotatable bonds is 3. The second kappa shape index (κ2) is 5.24. The molecule has 0 spiro atoms. The topological polar surface area (TPSA) is 85.0 Å². The molecule has 0 amide bonds. The molecule has 1 heterocycles. The molecule has 2 aromatic carbocycles. The van der Waals surface area contributed by atoms with Gasteiger partial charge in [0.1, 0.15) is 5.75 Å². The number of phenolic OH excluding ortho intramolecular Hbond substituents is 1. The molecule has 1 aliphatic heterocycles. The third kappa shape index (κ3) is 2.31. The molecule has 106 valence electrons. The minimum absolute atomic E-state index is 0.0427. The predicted octanol–water partition coefficient (Wildman–Crippen LogP) is 2.51. The molecular weight excluding hydrogens is 272 g/mol. The first kappa shape index (κ1) is 13.1. The highest BCUT2D eigenvalue weighted by molar-refractivity contribution is 6.04. The molecule has 6 nitrogen and oxygen atoms in total. The van der Waals surface area contributed by atoms with Crippen LogP contribution in [-0.4, -0.2) is 21.8 Å². The van der Waals surface area contributed by atoms with Crippen LogP contribution in [0.2, 0.25) is 0 Å². The van der Waals surface area contributed by atoms with Gasteiger partial charge in [0.05, 0.1) is 0 Å². The summed E-state index contributed by atoms with van der Waals surface area (Å²) < 4.78 is 0. The Bertz CT molecular complexity index is 700. The van der Waals surface area contributed by atoms with Gasteiger partial charge in [0.25, 0.3) is 0 Å². The molecule has 0 aromatic heterocycles. The van der Waals surface area contributed by atoms with Gasteiger partial charge in [-0.1, -0.05) is 53.7 Å². The van der Waals surface area contributed by atoms with E-state index in [-0.39, 0.29) is 11.5 Å². The number of benzene rings is 2. The van der Waals surface area contributed by atoms with Crippen LogP contribution < -0.4 is 0 Å². The van der Waals surface area contributed by atoms with Gasteiger partial charge in [0, 0.05) is 16.1 Å². The van der Waals surface area contributed by atoms with Crippen LogP contribution in [0.1, 0.15) is 17.2 Å². The summed E-state index contributed by atoms with van der Waals surface area (Å²) in [6.45, 7) is 0. The van der Waals surface area contributed by atoms with Crippen LogP contribution in [0.5, 0.6) is 5.75 Å². The van der Waals surface area contributed by atoms with Crippen molar-refractivity contribution in [2.24, 2.45) is 5.16 Å². The Balaban J connectivity index is 2.00. The van der Waals surface area contributed by atoms with E-state index in [0.717, 1.165) is 0 Å². The van der Waals surface area contributed by atoms with Gasteiger partial charge in [0.15, 0.2) is 5.71 Å². The van der Waals surface area contributed by atoms with Gasteiger partial charge in [-0.2, -0.15) is 0 Å². The zero-order valence-electron chi connectivity index (χ0n) is 10.9. The number of para-hydroxylation sites is 1. The average molecular weight is 284 g/mol. The van der Waals surface area contributed by atoms with E-state index in [1.807, 2.05) is 6.07 Å². The molecule has 0 saturated carbocycles. The van der Waals surface area contributed by atoms with E-state index in [0.29, 0.717) is 11.1 Å². The van der Waals surface area contributed by atoms with Crippen molar-refractivity contribution >= 4 is 5.71 Å². The lowest BCUT2D eigenvalue weighted by atomic mass is 9.95. The molecule has 0 fully saturated rings. The fourth-order valence-corrected chi connectivity index (χ4v) is 2.37. The Morgan fingerprint density at radius 2 is 1.76 bits per heavy atom. The summed E-state index contributed by atoms with van der Waals surface area (Å²) in [7, 11) is 0. The molecule has 21 heavy (non-hydrogen) atoms. The highest BCUT2D eigenvalue weighted by Gasteiger charge is 2.46. The molecule has 2 atom stereocenters. The van der Waals surface area contributed by atoms with Crippen LogP contribution in [0.15, 0.2) is 59.8 Å². The first-order valence-corrected chi connectivity index (χ1v) is 6.39. The number of phenols is 1. The second-order valence-electron chi connectivity index (χ2n) is 4.66. The first-order chi connectivity index (χ1) is 10.2. The SMILES string of the molecule is O=[N+]([O-])[C@@H]1C(c2ccccc2)=NO[C@H]1c1ccccc1O. The van der Waals surface area contributed by atoms with Crippen molar-refractivity contribution in [1.29, 1.82) is 0 Å². The van der Waals surface area contributed by atoms with Crippen LogP contribution in [0.3, 0.4) is 0 Å². The number of nitrogens with zero attached hydrogens (tertiary/aromatic N) is 2. The molecule has 0 radical (unpaired) electrons. The number of hydrogen-bond acceptors (Lipinski definition) is 5. The summed E-state index contributed by atoms with van der Waals surface area (Å²) in [5.41, 5.74) is 1.25. The molecule has 0 saturated heterocycles. The first-order valence-electron chi connectivity index (χ1n) is 6.39. The van der Waals surface area contributed by atoms with Crippen molar-refractivity contribution in [3.05, 3.63) is 75.8 Å². The molecule has 0 bridgehead atoms. The molecular formula is C15H12N2O4. The van der Waals surface area contributed by atoms with E-state index in [2.05, 4.69) is 5.16 Å². The summed E-state index contributed by atoms with van der Waals surface area (Å²) in [6.07, 6.45) is -0.934. The predicted molar refractivity (Wildman–Crippen MR) is 75.7 cm³/mol. The van der Waals surface area contributed by atoms with E-state index in [1.54, 1.807) is 42.5 Å². The van der Waals surface area contributed by atoms with Crippen LogP contribution in [0.25, 0.3) is 0 Å². The summed E-state index contributed by atoms with van der Waals surface area (Å²) in [6, 6.07) is 14.1. The fraction of sp³-hybridized carbons (Fsp3) is 0.133. The monoisotopic (exact) mass is 284 g/mol. The summed E-state index contributed by atoms with van der Waals surface area (Å²) in [5, 5.41) is 25.2. The van der Waals surface area contributed by atoms with Gasteiger partial charge in [-0.25, -0.2) is 0 Å². The lowest BCUT2D eigenvalue weighted by molar-refractivity contribution is -0.512. The average Bonchev–Trinajstić information content (AvgIpc) is 2.93. The van der Waals surface area contributed by atoms with Crippen LogP contribution in [0.4, 0.5) is 0 Å². The maximum atomic E-state index is 11.4.